The molecule has 0 radical (unpaired) electrons. The summed E-state index contributed by atoms with van der Waals surface area (Å²) in [6.45, 7) is 0. The number of halogens is 2. The Kier molecular flexibility index (Phi) is 4.62. The first kappa shape index (κ1) is 12.0. The van der Waals surface area contributed by atoms with E-state index in [1.54, 1.807) is 12.1 Å². The van der Waals surface area contributed by atoms with Gasteiger partial charge in [-0.3, -0.25) is 0 Å². The molecule has 1 rings (SSSR count). The highest BCUT2D eigenvalue weighted by atomic mass is 79.9. The fourth-order valence-electron chi connectivity index (χ4n) is 1.17. The summed E-state index contributed by atoms with van der Waals surface area (Å²) in [7, 11) is 3.00. The van der Waals surface area contributed by atoms with Crippen LogP contribution in [-0.4, -0.2) is 19.5 Å². The molecule has 1 aromatic rings. The highest BCUT2D eigenvalue weighted by molar-refractivity contribution is 9.09. The van der Waals surface area contributed by atoms with Crippen LogP contribution in [0, 0.1) is 5.82 Å². The second-order valence-corrected chi connectivity index (χ2v) is 3.43. The van der Waals surface area contributed by atoms with Gasteiger partial charge in [-0.15, -0.1) is 0 Å². The molecule has 0 N–H and O–H groups in total. The predicted molar refractivity (Wildman–Crippen MR) is 62.3 cm³/mol. The van der Waals surface area contributed by atoms with Gasteiger partial charge in [-0.1, -0.05) is 28.1 Å². The Morgan fingerprint density at radius 2 is 1.87 bits per heavy atom. The van der Waals surface area contributed by atoms with Gasteiger partial charge in [-0.2, -0.15) is 0 Å². The standard InChI is InChI=1S/C11H12BrFO2/c1-14-10-6-8(4-3-5-12)9(13)7-11(10)15-2/h3-4,6-7H,5H2,1-2H3. The van der Waals surface area contributed by atoms with Gasteiger partial charge in [0.25, 0.3) is 0 Å². The van der Waals surface area contributed by atoms with Gasteiger partial charge in [0.1, 0.15) is 5.82 Å². The number of ether oxygens (including phenoxy) is 2. The van der Waals surface area contributed by atoms with Crippen LogP contribution in [0.4, 0.5) is 4.39 Å². The van der Waals surface area contributed by atoms with Crippen LogP contribution in [0.3, 0.4) is 0 Å². The monoisotopic (exact) mass is 274 g/mol. The quantitative estimate of drug-likeness (QED) is 0.785. The molecule has 0 saturated heterocycles. The van der Waals surface area contributed by atoms with E-state index in [0.29, 0.717) is 22.4 Å². The smallest absolute Gasteiger partial charge is 0.163 e. The number of benzene rings is 1. The van der Waals surface area contributed by atoms with Gasteiger partial charge in [0.15, 0.2) is 11.5 Å². The Hall–Kier alpha value is -1.03. The van der Waals surface area contributed by atoms with Crippen molar-refractivity contribution in [2.24, 2.45) is 0 Å². The lowest BCUT2D eigenvalue weighted by Crippen LogP contribution is -1.93. The third-order valence-electron chi connectivity index (χ3n) is 1.89. The summed E-state index contributed by atoms with van der Waals surface area (Å²) in [6, 6.07) is 2.92. The summed E-state index contributed by atoms with van der Waals surface area (Å²) in [6.07, 6.45) is 3.50. The molecule has 4 heteroatoms. The zero-order valence-corrected chi connectivity index (χ0v) is 10.2. The minimum absolute atomic E-state index is 0.329. The second kappa shape index (κ2) is 5.75. The van der Waals surface area contributed by atoms with Crippen molar-refractivity contribution < 1.29 is 13.9 Å². The number of hydrogen-bond acceptors (Lipinski definition) is 2. The average molecular weight is 275 g/mol. The molecule has 2 nitrogen and oxygen atoms in total. The van der Waals surface area contributed by atoms with Crippen LogP contribution in [0.15, 0.2) is 18.2 Å². The van der Waals surface area contributed by atoms with Crippen molar-refractivity contribution in [1.29, 1.82) is 0 Å². The highest BCUT2D eigenvalue weighted by Crippen LogP contribution is 2.30. The summed E-state index contributed by atoms with van der Waals surface area (Å²) >= 11 is 3.23. The van der Waals surface area contributed by atoms with Crippen molar-refractivity contribution in [1.82, 2.24) is 0 Å². The maximum Gasteiger partial charge on any atom is 0.163 e. The predicted octanol–water partition coefficient (Wildman–Crippen LogP) is 3.25. The van der Waals surface area contributed by atoms with E-state index in [0.717, 1.165) is 0 Å². The van der Waals surface area contributed by atoms with Gasteiger partial charge in [0.05, 0.1) is 14.2 Å². The molecule has 0 aromatic heterocycles. The summed E-state index contributed by atoms with van der Waals surface area (Å²) in [5, 5.41) is 0.681. The average Bonchev–Trinajstić information content (AvgIpc) is 2.27. The minimum Gasteiger partial charge on any atom is -0.493 e. The normalized spacial score (nSPS) is 10.7. The zero-order valence-electron chi connectivity index (χ0n) is 8.59. The van der Waals surface area contributed by atoms with Crippen LogP contribution in [0.5, 0.6) is 11.5 Å². The maximum atomic E-state index is 13.5. The van der Waals surface area contributed by atoms with Gasteiger partial charge < -0.3 is 9.47 Å². The number of methoxy groups -OCH3 is 2. The second-order valence-electron chi connectivity index (χ2n) is 2.79. The van der Waals surface area contributed by atoms with Crippen LogP contribution in [-0.2, 0) is 0 Å². The molecular formula is C11H12BrFO2. The Bertz CT molecular complexity index is 364. The van der Waals surface area contributed by atoms with Crippen molar-refractivity contribution >= 4 is 22.0 Å². The zero-order chi connectivity index (χ0) is 11.3. The van der Waals surface area contributed by atoms with E-state index in [4.69, 9.17) is 9.47 Å². The van der Waals surface area contributed by atoms with Crippen molar-refractivity contribution in [3.63, 3.8) is 0 Å². The first-order chi connectivity index (χ1) is 7.22. The molecule has 0 amide bonds. The molecule has 15 heavy (non-hydrogen) atoms. The first-order valence-electron chi connectivity index (χ1n) is 4.37. The van der Waals surface area contributed by atoms with Gasteiger partial charge >= 0.3 is 0 Å². The molecule has 0 spiro atoms. The lowest BCUT2D eigenvalue weighted by atomic mass is 10.1. The molecule has 0 saturated carbocycles. The fraction of sp³-hybridized carbons (Fsp3) is 0.273. The van der Waals surface area contributed by atoms with Crippen molar-refractivity contribution in [2.45, 2.75) is 0 Å². The van der Waals surface area contributed by atoms with Gasteiger partial charge in [0, 0.05) is 17.0 Å². The number of alkyl halides is 1. The molecule has 1 aromatic carbocycles. The van der Waals surface area contributed by atoms with Crippen molar-refractivity contribution in [2.75, 3.05) is 19.5 Å². The lowest BCUT2D eigenvalue weighted by molar-refractivity contribution is 0.352. The largest absolute Gasteiger partial charge is 0.493 e. The Labute approximate surface area is 96.8 Å². The van der Waals surface area contributed by atoms with Crippen LogP contribution in [0.1, 0.15) is 5.56 Å². The Balaban J connectivity index is 3.13. The van der Waals surface area contributed by atoms with Crippen LogP contribution in [0.2, 0.25) is 0 Å². The molecule has 0 aliphatic rings. The van der Waals surface area contributed by atoms with Crippen LogP contribution < -0.4 is 9.47 Å². The third-order valence-corrected chi connectivity index (χ3v) is 2.26. The van der Waals surface area contributed by atoms with Crippen molar-refractivity contribution in [3.05, 3.63) is 29.6 Å². The van der Waals surface area contributed by atoms with E-state index in [-0.39, 0.29) is 5.82 Å². The number of hydrogen-bond donors (Lipinski definition) is 0. The molecule has 0 heterocycles. The number of rotatable bonds is 4. The Morgan fingerprint density at radius 3 is 2.40 bits per heavy atom. The van der Waals surface area contributed by atoms with Gasteiger partial charge in [0.2, 0.25) is 0 Å². The first-order valence-corrected chi connectivity index (χ1v) is 5.49. The van der Waals surface area contributed by atoms with Crippen LogP contribution in [0.25, 0.3) is 6.08 Å². The van der Waals surface area contributed by atoms with E-state index in [1.165, 1.54) is 20.3 Å². The van der Waals surface area contributed by atoms with E-state index < -0.39 is 0 Å². The molecule has 0 atom stereocenters. The molecule has 0 aliphatic heterocycles. The van der Waals surface area contributed by atoms with Gasteiger partial charge in [-0.05, 0) is 6.07 Å². The maximum absolute atomic E-state index is 13.5. The highest BCUT2D eigenvalue weighted by Gasteiger charge is 2.08. The molecule has 0 aliphatic carbocycles. The lowest BCUT2D eigenvalue weighted by Gasteiger charge is -2.08. The minimum atomic E-state index is -0.329. The van der Waals surface area contributed by atoms with E-state index in [2.05, 4.69) is 15.9 Å². The summed E-state index contributed by atoms with van der Waals surface area (Å²) in [5.74, 6) is 0.587. The summed E-state index contributed by atoms with van der Waals surface area (Å²) in [4.78, 5) is 0. The van der Waals surface area contributed by atoms with Crippen molar-refractivity contribution in [3.8, 4) is 11.5 Å². The molecular weight excluding hydrogens is 263 g/mol. The number of allylic oxidation sites excluding steroid dienone is 1. The summed E-state index contributed by atoms with van der Waals surface area (Å²) < 4.78 is 23.5. The van der Waals surface area contributed by atoms with Crippen LogP contribution >= 0.6 is 15.9 Å². The SMILES string of the molecule is COc1cc(F)c(C=CCBr)cc1OC. The van der Waals surface area contributed by atoms with E-state index in [1.807, 2.05) is 6.08 Å². The summed E-state index contributed by atoms with van der Waals surface area (Å²) in [5.41, 5.74) is 0.479. The molecule has 0 bridgehead atoms. The molecule has 0 unspecified atom stereocenters. The topological polar surface area (TPSA) is 18.5 Å². The molecule has 0 fully saturated rings. The van der Waals surface area contributed by atoms with E-state index in [9.17, 15) is 4.39 Å². The Morgan fingerprint density at radius 1 is 1.27 bits per heavy atom. The third kappa shape index (κ3) is 2.96. The van der Waals surface area contributed by atoms with Gasteiger partial charge in [-0.25, -0.2) is 4.39 Å². The fourth-order valence-corrected chi connectivity index (χ4v) is 1.36. The molecule has 82 valence electrons. The van der Waals surface area contributed by atoms with E-state index >= 15 is 0 Å².